The highest BCUT2D eigenvalue weighted by molar-refractivity contribution is 6.13. The highest BCUT2D eigenvalue weighted by Crippen LogP contribution is 2.03. The molecule has 0 aromatic heterocycles. The van der Waals surface area contributed by atoms with Crippen LogP contribution in [-0.4, -0.2) is 24.2 Å². The van der Waals surface area contributed by atoms with E-state index in [9.17, 15) is 9.59 Å². The molecular formula is C9H14O4. The summed E-state index contributed by atoms with van der Waals surface area (Å²) in [6, 6.07) is 0. The van der Waals surface area contributed by atoms with E-state index >= 15 is 0 Å². The second-order valence-corrected chi connectivity index (χ2v) is 2.56. The quantitative estimate of drug-likeness (QED) is 0.231. The summed E-state index contributed by atoms with van der Waals surface area (Å²) < 4.78 is 4.32. The van der Waals surface area contributed by atoms with Crippen molar-refractivity contribution in [1.82, 2.24) is 0 Å². The van der Waals surface area contributed by atoms with Crippen molar-refractivity contribution >= 4 is 11.9 Å². The smallest absolute Gasteiger partial charge is 0.344 e. The van der Waals surface area contributed by atoms with E-state index in [-0.39, 0.29) is 5.57 Å². The number of aliphatic carboxylic acids is 1. The number of carbonyl (C=O) groups is 2. The van der Waals surface area contributed by atoms with Crippen LogP contribution in [0.1, 0.15) is 26.2 Å². The fourth-order valence-electron chi connectivity index (χ4n) is 0.818. The third-order valence-corrected chi connectivity index (χ3v) is 1.54. The Morgan fingerprint density at radius 3 is 2.46 bits per heavy atom. The Hall–Kier alpha value is -1.32. The fourth-order valence-corrected chi connectivity index (χ4v) is 0.818. The molecule has 0 amide bonds. The molecule has 0 radical (unpaired) electrons. The van der Waals surface area contributed by atoms with E-state index < -0.39 is 11.9 Å². The molecule has 0 bridgehead atoms. The molecule has 0 unspecified atom stereocenters. The van der Waals surface area contributed by atoms with Gasteiger partial charge in [-0.25, -0.2) is 9.59 Å². The van der Waals surface area contributed by atoms with E-state index in [4.69, 9.17) is 5.11 Å². The van der Waals surface area contributed by atoms with Crippen LogP contribution in [0.15, 0.2) is 11.6 Å². The second-order valence-electron chi connectivity index (χ2n) is 2.56. The summed E-state index contributed by atoms with van der Waals surface area (Å²) >= 11 is 0. The van der Waals surface area contributed by atoms with E-state index in [0.29, 0.717) is 6.42 Å². The molecule has 4 heteroatoms. The summed E-state index contributed by atoms with van der Waals surface area (Å²) in [5.41, 5.74) is -0.282. The van der Waals surface area contributed by atoms with E-state index in [0.717, 1.165) is 12.8 Å². The van der Waals surface area contributed by atoms with Crippen LogP contribution in [0.2, 0.25) is 0 Å². The van der Waals surface area contributed by atoms with Crippen LogP contribution in [0.5, 0.6) is 0 Å². The van der Waals surface area contributed by atoms with Crippen molar-refractivity contribution in [2.45, 2.75) is 26.2 Å². The van der Waals surface area contributed by atoms with Crippen LogP contribution < -0.4 is 0 Å². The molecule has 0 aliphatic carbocycles. The summed E-state index contributed by atoms with van der Waals surface area (Å²) in [7, 11) is 1.17. The minimum absolute atomic E-state index is 0.282. The molecule has 0 aliphatic heterocycles. The zero-order chi connectivity index (χ0) is 10.3. The second kappa shape index (κ2) is 6.22. The molecule has 0 heterocycles. The molecule has 0 saturated carbocycles. The van der Waals surface area contributed by atoms with Gasteiger partial charge in [0.2, 0.25) is 0 Å². The molecule has 1 N–H and O–H groups in total. The number of hydrogen-bond acceptors (Lipinski definition) is 3. The van der Waals surface area contributed by atoms with Crippen molar-refractivity contribution in [3.8, 4) is 0 Å². The number of carbonyl (C=O) groups excluding carboxylic acids is 1. The zero-order valence-electron chi connectivity index (χ0n) is 7.87. The standard InChI is InChI=1S/C9H14O4/c1-3-4-5-6-7(8(10)11)9(12)13-2/h6H,3-5H2,1-2H3,(H,10,11). The van der Waals surface area contributed by atoms with Gasteiger partial charge >= 0.3 is 11.9 Å². The van der Waals surface area contributed by atoms with Crippen molar-refractivity contribution in [3.63, 3.8) is 0 Å². The first-order chi connectivity index (χ1) is 6.13. The van der Waals surface area contributed by atoms with Gasteiger partial charge in [0.25, 0.3) is 0 Å². The van der Waals surface area contributed by atoms with Crippen molar-refractivity contribution in [2.24, 2.45) is 0 Å². The third kappa shape index (κ3) is 4.30. The Kier molecular flexibility index (Phi) is 5.59. The van der Waals surface area contributed by atoms with E-state index in [1.54, 1.807) is 0 Å². The third-order valence-electron chi connectivity index (χ3n) is 1.54. The monoisotopic (exact) mass is 186 g/mol. The number of esters is 1. The lowest BCUT2D eigenvalue weighted by atomic mass is 10.1. The predicted octanol–water partition coefficient (Wildman–Crippen LogP) is 1.36. The van der Waals surface area contributed by atoms with Gasteiger partial charge in [0.15, 0.2) is 0 Å². The Morgan fingerprint density at radius 2 is 2.08 bits per heavy atom. The van der Waals surface area contributed by atoms with Crippen molar-refractivity contribution in [1.29, 1.82) is 0 Å². The van der Waals surface area contributed by atoms with Crippen LogP contribution in [0.3, 0.4) is 0 Å². The van der Waals surface area contributed by atoms with Crippen LogP contribution in [0, 0.1) is 0 Å². The van der Waals surface area contributed by atoms with Crippen LogP contribution in [0.4, 0.5) is 0 Å². The fraction of sp³-hybridized carbons (Fsp3) is 0.556. The van der Waals surface area contributed by atoms with E-state index in [1.807, 2.05) is 6.92 Å². The SMILES string of the molecule is CCCCC=C(C(=O)O)C(=O)OC. The summed E-state index contributed by atoms with van der Waals surface area (Å²) in [4.78, 5) is 21.4. The molecule has 74 valence electrons. The summed E-state index contributed by atoms with van der Waals surface area (Å²) in [6.07, 6.45) is 3.82. The van der Waals surface area contributed by atoms with Gasteiger partial charge in [-0.05, 0) is 6.42 Å². The van der Waals surface area contributed by atoms with Gasteiger partial charge in [-0.2, -0.15) is 0 Å². The maximum absolute atomic E-state index is 10.9. The number of carboxylic acids is 1. The van der Waals surface area contributed by atoms with Crippen LogP contribution >= 0.6 is 0 Å². The van der Waals surface area contributed by atoms with Gasteiger partial charge in [-0.3, -0.25) is 0 Å². The van der Waals surface area contributed by atoms with Gasteiger partial charge < -0.3 is 9.84 Å². The first-order valence-electron chi connectivity index (χ1n) is 4.15. The minimum Gasteiger partial charge on any atom is -0.477 e. The summed E-state index contributed by atoms with van der Waals surface area (Å²) in [5.74, 6) is -2.02. The summed E-state index contributed by atoms with van der Waals surface area (Å²) in [6.45, 7) is 1.99. The first-order valence-corrected chi connectivity index (χ1v) is 4.15. The number of methoxy groups -OCH3 is 1. The van der Waals surface area contributed by atoms with Gasteiger partial charge in [0.1, 0.15) is 5.57 Å². The highest BCUT2D eigenvalue weighted by Gasteiger charge is 2.16. The molecule has 0 aromatic carbocycles. The predicted molar refractivity (Wildman–Crippen MR) is 47.3 cm³/mol. The number of ether oxygens (including phenoxy) is 1. The maximum atomic E-state index is 10.9. The van der Waals surface area contributed by atoms with E-state index in [1.165, 1.54) is 13.2 Å². The van der Waals surface area contributed by atoms with Crippen LogP contribution in [0.25, 0.3) is 0 Å². The molecule has 0 spiro atoms. The zero-order valence-corrected chi connectivity index (χ0v) is 7.87. The molecule has 0 saturated heterocycles. The van der Waals surface area contributed by atoms with Crippen LogP contribution in [-0.2, 0) is 14.3 Å². The van der Waals surface area contributed by atoms with Gasteiger partial charge in [-0.1, -0.05) is 25.8 Å². The minimum atomic E-state index is -1.23. The molecule has 0 rings (SSSR count). The lowest BCUT2D eigenvalue weighted by Crippen LogP contribution is -2.13. The first kappa shape index (κ1) is 11.7. The topological polar surface area (TPSA) is 63.6 Å². The largest absolute Gasteiger partial charge is 0.477 e. The molecule has 0 atom stereocenters. The van der Waals surface area contributed by atoms with Crippen molar-refractivity contribution in [2.75, 3.05) is 7.11 Å². The van der Waals surface area contributed by atoms with Gasteiger partial charge in [0, 0.05) is 0 Å². The molecule has 0 fully saturated rings. The van der Waals surface area contributed by atoms with Gasteiger partial charge in [0.05, 0.1) is 7.11 Å². The molecular weight excluding hydrogens is 172 g/mol. The number of unbranched alkanes of at least 4 members (excludes halogenated alkanes) is 2. The average molecular weight is 186 g/mol. The Balaban J connectivity index is 4.32. The average Bonchev–Trinajstić information content (AvgIpc) is 2.11. The Morgan fingerprint density at radius 1 is 1.46 bits per heavy atom. The number of carboxylic acid groups (broad SMARTS) is 1. The Labute approximate surface area is 77.2 Å². The van der Waals surface area contributed by atoms with Crippen molar-refractivity contribution in [3.05, 3.63) is 11.6 Å². The number of hydrogen-bond donors (Lipinski definition) is 1. The summed E-state index contributed by atoms with van der Waals surface area (Å²) in [5, 5.41) is 8.60. The van der Waals surface area contributed by atoms with Crippen molar-refractivity contribution < 1.29 is 19.4 Å². The molecule has 0 aromatic rings. The Bertz CT molecular complexity index is 218. The number of rotatable bonds is 5. The molecule has 0 aliphatic rings. The number of allylic oxidation sites excluding steroid dienone is 1. The van der Waals surface area contributed by atoms with Gasteiger partial charge in [-0.15, -0.1) is 0 Å². The molecule has 13 heavy (non-hydrogen) atoms. The maximum Gasteiger partial charge on any atom is 0.344 e. The normalized spacial score (nSPS) is 11.1. The lowest BCUT2D eigenvalue weighted by molar-refractivity contribution is -0.142. The lowest BCUT2D eigenvalue weighted by Gasteiger charge is -1.99. The molecule has 4 nitrogen and oxygen atoms in total. The van der Waals surface area contributed by atoms with E-state index in [2.05, 4.69) is 4.74 Å². The highest BCUT2D eigenvalue weighted by atomic mass is 16.5.